The van der Waals surface area contributed by atoms with E-state index < -0.39 is 5.92 Å². The van der Waals surface area contributed by atoms with Gasteiger partial charge in [0.05, 0.1) is 0 Å². The van der Waals surface area contributed by atoms with Gasteiger partial charge in [-0.2, -0.15) is 0 Å². The summed E-state index contributed by atoms with van der Waals surface area (Å²) in [5.41, 5.74) is 0. The maximum atomic E-state index is 13.0. The molecule has 0 aliphatic heterocycles. The van der Waals surface area contributed by atoms with Crippen molar-refractivity contribution >= 4 is 0 Å². The topological polar surface area (TPSA) is 0 Å². The zero-order valence-electron chi connectivity index (χ0n) is 7.52. The van der Waals surface area contributed by atoms with Crippen LogP contribution in [0.3, 0.4) is 0 Å². The fourth-order valence-electron chi connectivity index (χ4n) is 3.00. The largest absolute Gasteiger partial charge is 0.248 e. The Hall–Kier alpha value is -0.140. The molecule has 2 aliphatic carbocycles. The van der Waals surface area contributed by atoms with Crippen molar-refractivity contribution in [3.63, 3.8) is 0 Å². The second-order valence-corrected chi connectivity index (χ2v) is 4.70. The summed E-state index contributed by atoms with van der Waals surface area (Å²) in [4.78, 5) is 0. The van der Waals surface area contributed by atoms with Crippen LogP contribution in [0.1, 0.15) is 39.0 Å². The molecule has 0 aromatic carbocycles. The molecule has 2 rings (SSSR count). The minimum Gasteiger partial charge on any atom is -0.207 e. The molecule has 70 valence electrons. The molecular formula is C10H16F2. The molecule has 2 aliphatic rings. The van der Waals surface area contributed by atoms with Crippen molar-refractivity contribution in [3.05, 3.63) is 0 Å². The Balaban J connectivity index is 2.02. The first-order chi connectivity index (χ1) is 5.57. The van der Waals surface area contributed by atoms with Crippen molar-refractivity contribution in [1.29, 1.82) is 0 Å². The van der Waals surface area contributed by atoms with Crippen LogP contribution in [0.15, 0.2) is 0 Å². The van der Waals surface area contributed by atoms with Gasteiger partial charge >= 0.3 is 0 Å². The van der Waals surface area contributed by atoms with E-state index in [0.29, 0.717) is 17.8 Å². The van der Waals surface area contributed by atoms with Crippen LogP contribution in [0.5, 0.6) is 0 Å². The number of rotatable bonds is 0. The van der Waals surface area contributed by atoms with E-state index >= 15 is 0 Å². The summed E-state index contributed by atoms with van der Waals surface area (Å²) in [5, 5.41) is 0. The summed E-state index contributed by atoms with van der Waals surface area (Å²) in [5.74, 6) is -0.692. The molecular weight excluding hydrogens is 158 g/mol. The first kappa shape index (κ1) is 8.46. The van der Waals surface area contributed by atoms with E-state index in [0.717, 1.165) is 12.8 Å². The van der Waals surface area contributed by atoms with Crippen LogP contribution in [0.4, 0.5) is 8.78 Å². The van der Waals surface area contributed by atoms with Crippen molar-refractivity contribution in [2.24, 2.45) is 17.8 Å². The predicted octanol–water partition coefficient (Wildman–Crippen LogP) is 3.47. The van der Waals surface area contributed by atoms with E-state index in [1.54, 1.807) is 0 Å². The van der Waals surface area contributed by atoms with Crippen molar-refractivity contribution in [2.45, 2.75) is 45.0 Å². The van der Waals surface area contributed by atoms with Gasteiger partial charge in [-0.3, -0.25) is 0 Å². The van der Waals surface area contributed by atoms with Crippen LogP contribution < -0.4 is 0 Å². The summed E-state index contributed by atoms with van der Waals surface area (Å²) in [6.45, 7) is 2.19. The van der Waals surface area contributed by atoms with Crippen LogP contribution in [0.2, 0.25) is 0 Å². The third-order valence-corrected chi connectivity index (χ3v) is 3.52. The number of hydrogen-bond donors (Lipinski definition) is 0. The Morgan fingerprint density at radius 3 is 2.58 bits per heavy atom. The summed E-state index contributed by atoms with van der Waals surface area (Å²) >= 11 is 0. The van der Waals surface area contributed by atoms with Gasteiger partial charge in [-0.25, -0.2) is 8.78 Å². The fraction of sp³-hybridized carbons (Fsp3) is 1.00. The first-order valence-corrected chi connectivity index (χ1v) is 4.95. The minimum absolute atomic E-state index is 0.140. The number of fused-ring (bicyclic) bond motifs is 1. The van der Waals surface area contributed by atoms with E-state index in [1.165, 1.54) is 6.42 Å². The van der Waals surface area contributed by atoms with Gasteiger partial charge in [0.1, 0.15) is 0 Å². The minimum atomic E-state index is -2.34. The van der Waals surface area contributed by atoms with Crippen LogP contribution in [-0.4, -0.2) is 5.92 Å². The lowest BCUT2D eigenvalue weighted by Crippen LogP contribution is -2.29. The van der Waals surface area contributed by atoms with E-state index in [9.17, 15) is 8.78 Å². The normalized spacial score (nSPS) is 45.8. The van der Waals surface area contributed by atoms with Crippen LogP contribution >= 0.6 is 0 Å². The molecule has 0 amide bonds. The average molecular weight is 174 g/mol. The summed E-state index contributed by atoms with van der Waals surface area (Å²) in [7, 11) is 0. The average Bonchev–Trinajstić information content (AvgIpc) is 2.26. The summed E-state index contributed by atoms with van der Waals surface area (Å²) in [6, 6.07) is 0. The van der Waals surface area contributed by atoms with E-state index in [4.69, 9.17) is 0 Å². The third-order valence-electron chi connectivity index (χ3n) is 3.52. The molecule has 0 saturated heterocycles. The highest BCUT2D eigenvalue weighted by molar-refractivity contribution is 4.90. The van der Waals surface area contributed by atoms with E-state index in [-0.39, 0.29) is 12.8 Å². The lowest BCUT2D eigenvalue weighted by atomic mass is 9.80. The molecule has 2 fully saturated rings. The maximum Gasteiger partial charge on any atom is 0.248 e. The predicted molar refractivity (Wildman–Crippen MR) is 44.2 cm³/mol. The zero-order chi connectivity index (χ0) is 8.77. The molecule has 0 spiro atoms. The Labute approximate surface area is 72.3 Å². The van der Waals surface area contributed by atoms with Crippen LogP contribution in [0, 0.1) is 17.8 Å². The van der Waals surface area contributed by atoms with Gasteiger partial charge in [0.15, 0.2) is 0 Å². The fourth-order valence-corrected chi connectivity index (χ4v) is 3.00. The lowest BCUT2D eigenvalue weighted by Gasteiger charge is -2.31. The molecule has 2 saturated carbocycles. The third kappa shape index (κ3) is 1.48. The molecule has 12 heavy (non-hydrogen) atoms. The number of alkyl halides is 2. The molecule has 0 radical (unpaired) electrons. The SMILES string of the molecule is CC1C[C@H]2CCC(F)(F)C[C@H]2C1. The van der Waals surface area contributed by atoms with Crippen LogP contribution in [0.25, 0.3) is 0 Å². The molecule has 1 unspecified atom stereocenters. The van der Waals surface area contributed by atoms with Crippen molar-refractivity contribution < 1.29 is 8.78 Å². The van der Waals surface area contributed by atoms with Crippen molar-refractivity contribution in [2.75, 3.05) is 0 Å². The highest BCUT2D eigenvalue weighted by Gasteiger charge is 2.44. The molecule has 0 aromatic rings. The van der Waals surface area contributed by atoms with Gasteiger partial charge in [0, 0.05) is 12.8 Å². The van der Waals surface area contributed by atoms with Gasteiger partial charge in [-0.05, 0) is 37.0 Å². The monoisotopic (exact) mass is 174 g/mol. The summed E-state index contributed by atoms with van der Waals surface area (Å²) < 4.78 is 25.9. The van der Waals surface area contributed by atoms with Gasteiger partial charge in [0.25, 0.3) is 0 Å². The quantitative estimate of drug-likeness (QED) is 0.527. The van der Waals surface area contributed by atoms with E-state index in [1.807, 2.05) is 0 Å². The second kappa shape index (κ2) is 2.68. The Bertz CT molecular complexity index is 177. The smallest absolute Gasteiger partial charge is 0.207 e. The Kier molecular flexibility index (Phi) is 1.89. The number of hydrogen-bond acceptors (Lipinski definition) is 0. The van der Waals surface area contributed by atoms with Gasteiger partial charge < -0.3 is 0 Å². The first-order valence-electron chi connectivity index (χ1n) is 4.95. The van der Waals surface area contributed by atoms with Gasteiger partial charge in [-0.1, -0.05) is 6.92 Å². The van der Waals surface area contributed by atoms with Crippen molar-refractivity contribution in [1.82, 2.24) is 0 Å². The Morgan fingerprint density at radius 2 is 1.83 bits per heavy atom. The highest BCUT2D eigenvalue weighted by atomic mass is 19.3. The maximum absolute atomic E-state index is 13.0. The molecule has 0 aromatic heterocycles. The summed E-state index contributed by atoms with van der Waals surface area (Å²) in [6.07, 6.45) is 3.31. The molecule has 0 N–H and O–H groups in total. The van der Waals surface area contributed by atoms with Gasteiger partial charge in [0.2, 0.25) is 5.92 Å². The molecule has 0 bridgehead atoms. The Morgan fingerprint density at radius 1 is 1.17 bits per heavy atom. The number of halogens is 2. The molecule has 0 heterocycles. The van der Waals surface area contributed by atoms with Crippen molar-refractivity contribution in [3.8, 4) is 0 Å². The van der Waals surface area contributed by atoms with E-state index in [2.05, 4.69) is 6.92 Å². The second-order valence-electron chi connectivity index (χ2n) is 4.70. The molecule has 2 heteroatoms. The molecule has 0 nitrogen and oxygen atoms in total. The highest BCUT2D eigenvalue weighted by Crippen LogP contribution is 2.49. The zero-order valence-corrected chi connectivity index (χ0v) is 7.52. The lowest BCUT2D eigenvalue weighted by molar-refractivity contribution is -0.0634. The van der Waals surface area contributed by atoms with Crippen LogP contribution in [-0.2, 0) is 0 Å². The standard InChI is InChI=1S/C10H16F2/c1-7-4-8-2-3-10(11,12)6-9(8)5-7/h7-9H,2-6H2,1H3/t7?,8-,9-/m1/s1. The van der Waals surface area contributed by atoms with Gasteiger partial charge in [-0.15, -0.1) is 0 Å². The molecule has 3 atom stereocenters.